The predicted octanol–water partition coefficient (Wildman–Crippen LogP) is 4.19. The number of hydrogen-bond donors (Lipinski definition) is 1. The van der Waals surface area contributed by atoms with Crippen LogP contribution in [-0.2, 0) is 17.1 Å². The molecule has 1 aromatic carbocycles. The van der Waals surface area contributed by atoms with Crippen LogP contribution in [0.5, 0.6) is 0 Å². The Kier molecular flexibility index (Phi) is 7.38. The van der Waals surface area contributed by atoms with E-state index in [-0.39, 0.29) is 36.0 Å². The third-order valence-electron chi connectivity index (χ3n) is 6.39. The number of carbonyl (C=O) groups is 1. The van der Waals surface area contributed by atoms with Gasteiger partial charge in [-0.3, -0.25) is 23.4 Å². The van der Waals surface area contributed by atoms with Crippen molar-refractivity contribution in [3.63, 3.8) is 0 Å². The molecule has 1 N–H and O–H groups in total. The van der Waals surface area contributed by atoms with Crippen LogP contribution in [0.4, 0.5) is 0 Å². The number of para-hydroxylation sites is 1. The Bertz CT molecular complexity index is 1540. The smallest absolute Gasteiger partial charge is 0.262 e. The van der Waals surface area contributed by atoms with Crippen molar-refractivity contribution in [1.82, 2.24) is 24.3 Å². The van der Waals surface area contributed by atoms with E-state index in [1.54, 1.807) is 34.9 Å². The average molecular weight is 524 g/mol. The van der Waals surface area contributed by atoms with Crippen LogP contribution in [0.3, 0.4) is 0 Å². The molecule has 1 amide bonds. The molecule has 0 atom stereocenters. The largest absolute Gasteiger partial charge is 0.353 e. The SMILES string of the molecule is O=C(CCn1c(SCc2cc(=O)n3cc(Cl)ccc3n2)nc2ccccc2c1=O)NC1CCCCC1. The summed E-state index contributed by atoms with van der Waals surface area (Å²) >= 11 is 7.32. The van der Waals surface area contributed by atoms with Gasteiger partial charge in [-0.05, 0) is 37.1 Å². The number of thioether (sulfide) groups is 1. The van der Waals surface area contributed by atoms with Gasteiger partial charge in [-0.15, -0.1) is 0 Å². The molecule has 0 radical (unpaired) electrons. The highest BCUT2D eigenvalue weighted by Crippen LogP contribution is 2.22. The molecule has 10 heteroatoms. The van der Waals surface area contributed by atoms with Gasteiger partial charge >= 0.3 is 0 Å². The second kappa shape index (κ2) is 10.8. The Morgan fingerprint density at radius 2 is 1.89 bits per heavy atom. The Morgan fingerprint density at radius 1 is 1.08 bits per heavy atom. The molecule has 0 unspecified atom stereocenters. The Morgan fingerprint density at radius 3 is 2.72 bits per heavy atom. The van der Waals surface area contributed by atoms with Crippen molar-refractivity contribution in [2.45, 2.75) is 62.0 Å². The molecule has 1 fully saturated rings. The van der Waals surface area contributed by atoms with Crippen LogP contribution < -0.4 is 16.4 Å². The van der Waals surface area contributed by atoms with Gasteiger partial charge in [0.25, 0.3) is 11.1 Å². The van der Waals surface area contributed by atoms with Gasteiger partial charge in [-0.25, -0.2) is 9.97 Å². The van der Waals surface area contributed by atoms with E-state index in [0.717, 1.165) is 25.7 Å². The van der Waals surface area contributed by atoms with Crippen molar-refractivity contribution >= 4 is 45.8 Å². The summed E-state index contributed by atoms with van der Waals surface area (Å²) in [4.78, 5) is 47.7. The topological polar surface area (TPSA) is 98.4 Å². The minimum absolute atomic E-state index is 0.0548. The third kappa shape index (κ3) is 5.47. The van der Waals surface area contributed by atoms with Crippen molar-refractivity contribution in [2.75, 3.05) is 0 Å². The monoisotopic (exact) mass is 523 g/mol. The van der Waals surface area contributed by atoms with E-state index in [2.05, 4.69) is 10.3 Å². The minimum Gasteiger partial charge on any atom is -0.353 e. The number of fused-ring (bicyclic) bond motifs is 2. The predicted molar refractivity (Wildman–Crippen MR) is 142 cm³/mol. The highest BCUT2D eigenvalue weighted by Gasteiger charge is 2.17. The molecule has 0 bridgehead atoms. The molecule has 5 rings (SSSR count). The molecule has 1 saturated carbocycles. The summed E-state index contributed by atoms with van der Waals surface area (Å²) in [6.45, 7) is 0.226. The zero-order valence-electron chi connectivity index (χ0n) is 19.7. The van der Waals surface area contributed by atoms with Crippen LogP contribution in [0.1, 0.15) is 44.2 Å². The van der Waals surface area contributed by atoms with Crippen LogP contribution in [0.25, 0.3) is 16.6 Å². The number of hydrogen-bond acceptors (Lipinski definition) is 6. The molecule has 1 aliphatic rings. The maximum Gasteiger partial charge on any atom is 0.262 e. The molecule has 36 heavy (non-hydrogen) atoms. The average Bonchev–Trinajstić information content (AvgIpc) is 2.88. The molecule has 186 valence electrons. The molecular formula is C26H26ClN5O3S. The molecule has 0 saturated heterocycles. The maximum absolute atomic E-state index is 13.3. The van der Waals surface area contributed by atoms with Crippen LogP contribution in [0.2, 0.25) is 5.02 Å². The maximum atomic E-state index is 13.3. The van der Waals surface area contributed by atoms with Crippen molar-refractivity contribution in [3.05, 3.63) is 80.1 Å². The van der Waals surface area contributed by atoms with Gasteiger partial charge < -0.3 is 5.32 Å². The van der Waals surface area contributed by atoms with E-state index in [9.17, 15) is 14.4 Å². The van der Waals surface area contributed by atoms with E-state index in [0.29, 0.717) is 38.2 Å². The standard InChI is InChI=1S/C26H26ClN5O3S/c27-17-10-11-22-28-19(14-24(34)32(22)15-17)16-36-26-30-21-9-5-4-8-20(21)25(35)31(26)13-12-23(33)29-18-6-2-1-3-7-18/h4-5,8-11,14-15,18H,1-3,6-7,12-13,16H2,(H,29,33). The van der Waals surface area contributed by atoms with Crippen LogP contribution in [0.15, 0.2) is 63.4 Å². The van der Waals surface area contributed by atoms with Gasteiger partial charge in [0.1, 0.15) is 5.65 Å². The molecule has 4 aromatic rings. The molecular weight excluding hydrogens is 498 g/mol. The molecule has 8 nitrogen and oxygen atoms in total. The van der Waals surface area contributed by atoms with Crippen molar-refractivity contribution in [2.24, 2.45) is 0 Å². The summed E-state index contributed by atoms with van der Waals surface area (Å²) in [5, 5.41) is 4.56. The van der Waals surface area contributed by atoms with Crippen LogP contribution in [-0.4, -0.2) is 30.9 Å². The van der Waals surface area contributed by atoms with E-state index in [4.69, 9.17) is 16.6 Å². The second-order valence-corrected chi connectivity index (χ2v) is 10.3. The summed E-state index contributed by atoms with van der Waals surface area (Å²) in [5.41, 5.74) is 1.23. The minimum atomic E-state index is -0.235. The van der Waals surface area contributed by atoms with Gasteiger partial charge in [-0.2, -0.15) is 0 Å². The number of amides is 1. The second-order valence-electron chi connectivity index (χ2n) is 8.97. The van der Waals surface area contributed by atoms with Crippen LogP contribution in [0, 0.1) is 0 Å². The normalized spacial score (nSPS) is 14.4. The highest BCUT2D eigenvalue weighted by atomic mass is 35.5. The van der Waals surface area contributed by atoms with E-state index < -0.39 is 0 Å². The Balaban J connectivity index is 1.39. The summed E-state index contributed by atoms with van der Waals surface area (Å²) < 4.78 is 2.95. The van der Waals surface area contributed by atoms with Crippen molar-refractivity contribution in [1.29, 1.82) is 0 Å². The number of nitrogens with one attached hydrogen (secondary N) is 1. The summed E-state index contributed by atoms with van der Waals surface area (Å²) in [5.74, 6) is 0.286. The first-order valence-corrected chi connectivity index (χ1v) is 13.4. The molecule has 0 aliphatic heterocycles. The molecule has 0 spiro atoms. The van der Waals surface area contributed by atoms with Gasteiger partial charge in [0.05, 0.1) is 21.6 Å². The number of carbonyl (C=O) groups excluding carboxylic acids is 1. The third-order valence-corrected chi connectivity index (χ3v) is 7.62. The van der Waals surface area contributed by atoms with Gasteiger partial charge in [0, 0.05) is 37.0 Å². The number of halogens is 1. The lowest BCUT2D eigenvalue weighted by molar-refractivity contribution is -0.122. The van der Waals surface area contributed by atoms with Crippen molar-refractivity contribution in [3.8, 4) is 0 Å². The lowest BCUT2D eigenvalue weighted by Crippen LogP contribution is -2.37. The molecule has 3 heterocycles. The number of nitrogens with zero attached hydrogens (tertiary/aromatic N) is 4. The molecule has 1 aliphatic carbocycles. The number of rotatable bonds is 7. The first kappa shape index (κ1) is 24.5. The number of benzene rings is 1. The van der Waals surface area contributed by atoms with Crippen molar-refractivity contribution < 1.29 is 4.79 Å². The Labute approximate surface area is 216 Å². The fourth-order valence-corrected chi connectivity index (χ4v) is 5.63. The zero-order chi connectivity index (χ0) is 25.1. The van der Waals surface area contributed by atoms with E-state index in [1.807, 2.05) is 6.07 Å². The lowest BCUT2D eigenvalue weighted by Gasteiger charge is -2.23. The summed E-state index contributed by atoms with van der Waals surface area (Å²) in [6.07, 6.45) is 7.24. The summed E-state index contributed by atoms with van der Waals surface area (Å²) in [7, 11) is 0. The zero-order valence-corrected chi connectivity index (χ0v) is 21.2. The molecule has 3 aromatic heterocycles. The quantitative estimate of drug-likeness (QED) is 0.288. The first-order chi connectivity index (χ1) is 17.5. The fraction of sp³-hybridized carbons (Fsp3) is 0.346. The number of aromatic nitrogens is 4. The van der Waals surface area contributed by atoms with Crippen LogP contribution >= 0.6 is 23.4 Å². The van der Waals surface area contributed by atoms with Gasteiger partial charge in [0.2, 0.25) is 5.91 Å². The fourth-order valence-electron chi connectivity index (χ4n) is 4.55. The summed E-state index contributed by atoms with van der Waals surface area (Å²) in [6, 6.07) is 12.2. The highest BCUT2D eigenvalue weighted by molar-refractivity contribution is 7.98. The number of pyridine rings is 1. The Hall–Kier alpha value is -3.17. The van der Waals surface area contributed by atoms with E-state index >= 15 is 0 Å². The lowest BCUT2D eigenvalue weighted by atomic mass is 9.95. The van der Waals surface area contributed by atoms with Gasteiger partial charge in [-0.1, -0.05) is 54.8 Å². The van der Waals surface area contributed by atoms with E-state index in [1.165, 1.54) is 34.8 Å². The first-order valence-electron chi connectivity index (χ1n) is 12.1. The van der Waals surface area contributed by atoms with Gasteiger partial charge in [0.15, 0.2) is 5.16 Å².